The number of allylic oxidation sites excluding steroid dienone is 3. The predicted octanol–water partition coefficient (Wildman–Crippen LogP) is 8.04. The van der Waals surface area contributed by atoms with Crippen LogP contribution in [0.5, 0.6) is 0 Å². The van der Waals surface area contributed by atoms with Crippen LogP contribution in [0, 0.1) is 11.6 Å². The van der Waals surface area contributed by atoms with Crippen molar-refractivity contribution in [2.75, 3.05) is 6.54 Å². The van der Waals surface area contributed by atoms with Crippen LogP contribution in [-0.2, 0) is 0 Å². The number of halogens is 6. The molecule has 0 amide bonds. The molecule has 1 heterocycles. The lowest BCUT2D eigenvalue weighted by Crippen LogP contribution is -2.30. The summed E-state index contributed by atoms with van der Waals surface area (Å²) in [5, 5.41) is 0. The first kappa shape index (κ1) is 23.7. The molecular formula is C22H19BrF4IN. The van der Waals surface area contributed by atoms with E-state index in [2.05, 4.69) is 22.5 Å². The second-order valence-corrected chi connectivity index (χ2v) is 7.89. The Balaban J connectivity index is 0.00000145. The van der Waals surface area contributed by atoms with Gasteiger partial charge in [-0.05, 0) is 46.4 Å². The Morgan fingerprint density at radius 2 is 1.62 bits per heavy atom. The fraction of sp³-hybridized carbons (Fsp3) is 0.182. The Labute approximate surface area is 190 Å². The normalized spacial score (nSPS) is 14.0. The summed E-state index contributed by atoms with van der Waals surface area (Å²) in [5.41, 5.74) is 1.06. The largest absolute Gasteiger partial charge is 0.334 e. The van der Waals surface area contributed by atoms with E-state index in [0.717, 1.165) is 12.1 Å². The van der Waals surface area contributed by atoms with Crippen LogP contribution in [0.25, 0.3) is 11.3 Å². The van der Waals surface area contributed by atoms with E-state index in [4.69, 9.17) is 0 Å². The molecule has 0 bridgehead atoms. The second-order valence-electron chi connectivity index (χ2n) is 5.81. The zero-order valence-corrected chi connectivity index (χ0v) is 19.6. The van der Waals surface area contributed by atoms with Gasteiger partial charge in [-0.1, -0.05) is 66.7 Å². The van der Waals surface area contributed by atoms with Crippen molar-refractivity contribution >= 4 is 49.8 Å². The predicted molar refractivity (Wildman–Crippen MR) is 123 cm³/mol. The van der Waals surface area contributed by atoms with Crippen molar-refractivity contribution in [3.8, 4) is 0 Å². The van der Waals surface area contributed by atoms with E-state index < -0.39 is 24.6 Å². The van der Waals surface area contributed by atoms with E-state index in [1.54, 1.807) is 36.4 Å². The van der Waals surface area contributed by atoms with Crippen molar-refractivity contribution in [3.05, 3.63) is 91.6 Å². The van der Waals surface area contributed by atoms with Gasteiger partial charge < -0.3 is 4.90 Å². The van der Waals surface area contributed by atoms with Crippen LogP contribution < -0.4 is 0 Å². The van der Waals surface area contributed by atoms with E-state index in [-0.39, 0.29) is 21.4 Å². The fourth-order valence-corrected chi connectivity index (χ4v) is 3.91. The summed E-state index contributed by atoms with van der Waals surface area (Å²) in [6.45, 7) is 7.12. The average molecular weight is 580 g/mol. The van der Waals surface area contributed by atoms with Gasteiger partial charge >= 0.3 is 0 Å². The number of nitrogens with zero attached hydrogens (tertiary/aromatic N) is 1. The first-order chi connectivity index (χ1) is 13.8. The summed E-state index contributed by atoms with van der Waals surface area (Å²) < 4.78 is 56.9. The Bertz CT molecular complexity index is 932. The van der Waals surface area contributed by atoms with Crippen molar-refractivity contribution in [1.29, 1.82) is 0 Å². The van der Waals surface area contributed by atoms with Crippen LogP contribution >= 0.6 is 38.5 Å². The van der Waals surface area contributed by atoms with Gasteiger partial charge in [0.05, 0.1) is 17.8 Å². The van der Waals surface area contributed by atoms with Gasteiger partial charge in [0.1, 0.15) is 11.6 Å². The second kappa shape index (κ2) is 10.4. The van der Waals surface area contributed by atoms with Crippen molar-refractivity contribution in [2.45, 2.75) is 20.3 Å². The third-order valence-corrected chi connectivity index (χ3v) is 5.44. The third kappa shape index (κ3) is 5.31. The number of hydrogen-bond donors (Lipinski definition) is 0. The summed E-state index contributed by atoms with van der Waals surface area (Å²) in [6, 6.07) is 11.1. The molecule has 0 aromatic heterocycles. The van der Waals surface area contributed by atoms with Crippen LogP contribution in [-0.4, -0.2) is 17.9 Å². The summed E-state index contributed by atoms with van der Waals surface area (Å²) in [6.07, 6.45) is -1.01. The van der Waals surface area contributed by atoms with Crippen LogP contribution in [0.15, 0.2) is 68.9 Å². The molecule has 7 heteroatoms. The molecule has 3 rings (SSSR count). The molecular weight excluding hydrogens is 561 g/mol. The SMILES string of the molecule is C=C1C(I)=CC(c2ccccc2)=C(c2c(F)cc(Br)cc2F)N1CC(F)F.CC. The van der Waals surface area contributed by atoms with Gasteiger partial charge in [0.25, 0.3) is 6.43 Å². The lowest BCUT2D eigenvalue weighted by molar-refractivity contribution is 0.123. The number of alkyl halides is 2. The van der Waals surface area contributed by atoms with Gasteiger partial charge in [0, 0.05) is 19.3 Å². The Morgan fingerprint density at radius 1 is 1.07 bits per heavy atom. The number of benzene rings is 2. The average Bonchev–Trinajstić information content (AvgIpc) is 2.68. The van der Waals surface area contributed by atoms with E-state index in [0.29, 0.717) is 14.7 Å². The molecule has 2 aromatic rings. The fourth-order valence-electron chi connectivity index (χ4n) is 2.90. The Hall–Kier alpha value is -1.61. The molecule has 0 unspecified atom stereocenters. The van der Waals surface area contributed by atoms with Gasteiger partial charge in [-0.2, -0.15) is 0 Å². The summed E-state index contributed by atoms with van der Waals surface area (Å²) in [7, 11) is 0. The van der Waals surface area contributed by atoms with E-state index in [1.807, 2.05) is 36.4 Å². The van der Waals surface area contributed by atoms with Gasteiger partial charge in [0.15, 0.2) is 0 Å². The highest BCUT2D eigenvalue weighted by Gasteiger charge is 2.31. The topological polar surface area (TPSA) is 3.24 Å². The van der Waals surface area contributed by atoms with Gasteiger partial charge in [-0.25, -0.2) is 17.6 Å². The van der Waals surface area contributed by atoms with E-state index in [1.165, 1.54) is 4.90 Å². The smallest absolute Gasteiger partial charge is 0.256 e. The third-order valence-electron chi connectivity index (χ3n) is 4.05. The van der Waals surface area contributed by atoms with Crippen molar-refractivity contribution in [3.63, 3.8) is 0 Å². The lowest BCUT2D eigenvalue weighted by atomic mass is 9.94. The minimum absolute atomic E-state index is 0.0365. The maximum Gasteiger partial charge on any atom is 0.256 e. The van der Waals surface area contributed by atoms with Crippen molar-refractivity contribution < 1.29 is 17.6 Å². The molecule has 1 aliphatic heterocycles. The zero-order chi connectivity index (χ0) is 21.7. The minimum Gasteiger partial charge on any atom is -0.334 e. The quantitative estimate of drug-likeness (QED) is 0.262. The van der Waals surface area contributed by atoms with Crippen LogP contribution in [0.3, 0.4) is 0 Å². The summed E-state index contributed by atoms with van der Waals surface area (Å²) in [5.74, 6) is -1.69. The van der Waals surface area contributed by atoms with Crippen LogP contribution in [0.1, 0.15) is 25.0 Å². The maximum absolute atomic E-state index is 14.7. The molecule has 1 nitrogen and oxygen atoms in total. The molecule has 0 saturated heterocycles. The van der Waals surface area contributed by atoms with Crippen LogP contribution in [0.2, 0.25) is 0 Å². The monoisotopic (exact) mass is 579 g/mol. The van der Waals surface area contributed by atoms with Gasteiger partial charge in [0.2, 0.25) is 0 Å². The molecule has 154 valence electrons. The molecule has 0 radical (unpaired) electrons. The molecule has 2 aromatic carbocycles. The number of hydrogen-bond acceptors (Lipinski definition) is 1. The zero-order valence-electron chi connectivity index (χ0n) is 15.8. The highest BCUT2D eigenvalue weighted by atomic mass is 127. The molecule has 0 saturated carbocycles. The maximum atomic E-state index is 14.7. The standard InChI is InChI=1S/C20H13BrF4IN.C2H6/c1-11-17(26)9-14(12-5-3-2-4-6-12)20(27(11)10-18(24)25)19-15(22)7-13(21)8-16(19)23;1-2/h2-9,18H,1,10H2;1-2H3. The minimum atomic E-state index is -2.71. The first-order valence-electron chi connectivity index (χ1n) is 8.86. The van der Waals surface area contributed by atoms with Crippen molar-refractivity contribution in [1.82, 2.24) is 4.90 Å². The van der Waals surface area contributed by atoms with Gasteiger partial charge in [-0.3, -0.25) is 0 Å². The van der Waals surface area contributed by atoms with Crippen LogP contribution in [0.4, 0.5) is 17.6 Å². The van der Waals surface area contributed by atoms with Crippen molar-refractivity contribution in [2.24, 2.45) is 0 Å². The highest BCUT2D eigenvalue weighted by molar-refractivity contribution is 14.1. The molecule has 0 N–H and O–H groups in total. The molecule has 0 fully saturated rings. The van der Waals surface area contributed by atoms with Gasteiger partial charge in [-0.15, -0.1) is 0 Å². The molecule has 1 aliphatic rings. The summed E-state index contributed by atoms with van der Waals surface area (Å²) in [4.78, 5) is 1.18. The molecule has 0 aliphatic carbocycles. The lowest BCUT2D eigenvalue weighted by Gasteiger charge is -2.34. The van der Waals surface area contributed by atoms with E-state index in [9.17, 15) is 17.6 Å². The highest BCUT2D eigenvalue weighted by Crippen LogP contribution is 2.43. The Morgan fingerprint density at radius 3 is 2.14 bits per heavy atom. The number of rotatable bonds is 4. The molecule has 0 atom stereocenters. The summed E-state index contributed by atoms with van der Waals surface area (Å²) >= 11 is 5.03. The van der Waals surface area contributed by atoms with E-state index >= 15 is 0 Å². The molecule has 29 heavy (non-hydrogen) atoms. The Kier molecular flexibility index (Phi) is 8.51. The molecule has 0 spiro atoms. The first-order valence-corrected chi connectivity index (χ1v) is 10.7.